The highest BCUT2D eigenvalue weighted by molar-refractivity contribution is 5.70. The van der Waals surface area contributed by atoms with E-state index in [1.165, 1.54) is 218 Å². The van der Waals surface area contributed by atoms with Crippen LogP contribution in [0.1, 0.15) is 322 Å². The summed E-state index contributed by atoms with van der Waals surface area (Å²) in [5.74, 6) is -0.579. The highest BCUT2D eigenvalue weighted by Crippen LogP contribution is 2.17. The van der Waals surface area contributed by atoms with Crippen molar-refractivity contribution in [3.63, 3.8) is 0 Å². The molecule has 0 aromatic rings. The second-order valence-electron chi connectivity index (χ2n) is 21.5. The van der Waals surface area contributed by atoms with Gasteiger partial charge in [-0.1, -0.05) is 304 Å². The number of aliphatic hydroxyl groups excluding tert-OH is 1. The Bertz CT molecular complexity index is 1350. The fourth-order valence-corrected chi connectivity index (χ4v) is 9.38. The molecule has 0 aliphatic heterocycles. The molecule has 0 aromatic carbocycles. The van der Waals surface area contributed by atoms with E-state index in [1.54, 1.807) is 0 Å². The minimum atomic E-state index is -0.775. The number of carbonyl (C=O) groups is 2. The van der Waals surface area contributed by atoms with Crippen LogP contribution in [0.2, 0.25) is 0 Å². The van der Waals surface area contributed by atoms with E-state index in [0.717, 1.165) is 77.0 Å². The van der Waals surface area contributed by atoms with Crippen LogP contribution in [0.4, 0.5) is 0 Å². The van der Waals surface area contributed by atoms with E-state index in [0.29, 0.717) is 12.8 Å². The molecule has 5 heteroatoms. The quantitative estimate of drug-likeness (QED) is 0.0373. The maximum atomic E-state index is 12.3. The number of ether oxygens (including phenoxy) is 2. The molecule has 1 N–H and O–H groups in total. The van der Waals surface area contributed by atoms with E-state index >= 15 is 0 Å². The van der Waals surface area contributed by atoms with Crippen LogP contribution >= 0.6 is 0 Å². The lowest BCUT2D eigenvalue weighted by atomic mass is 10.0. The predicted octanol–water partition coefficient (Wildman–Crippen LogP) is 22.1. The summed E-state index contributed by atoms with van der Waals surface area (Å²) in [6.07, 6.45) is 90.1. The molecule has 5 nitrogen and oxygen atoms in total. The lowest BCUT2D eigenvalue weighted by molar-refractivity contribution is -0.161. The molecule has 1 unspecified atom stereocenters. The monoisotopic (exact) mass is 1030 g/mol. The van der Waals surface area contributed by atoms with Crippen LogP contribution in [-0.2, 0) is 19.1 Å². The molecule has 1 atom stereocenters. The van der Waals surface area contributed by atoms with Gasteiger partial charge in [-0.15, -0.1) is 0 Å². The molecular weight excluding hydrogens is 909 g/mol. The minimum absolute atomic E-state index is 0.0654. The molecule has 0 fully saturated rings. The number of hydrogen-bond donors (Lipinski definition) is 1. The number of carbonyl (C=O) groups excluding carboxylic acids is 2. The van der Waals surface area contributed by atoms with Crippen LogP contribution in [0.25, 0.3) is 0 Å². The SMILES string of the molecule is CC/C=C\C/C=C\C/C=C\C/C=C\CCCCCCCCCCCCCCCCCCC(=O)OC(CO)COC(=O)CCCCCCCCCCCCCCCCCC/C=C\C/C=C\C/C=C\CCCCCCC. The summed E-state index contributed by atoms with van der Waals surface area (Å²) < 4.78 is 10.7. The second kappa shape index (κ2) is 64.4. The van der Waals surface area contributed by atoms with Gasteiger partial charge in [-0.2, -0.15) is 0 Å². The zero-order valence-electron chi connectivity index (χ0n) is 49.1. The fourth-order valence-electron chi connectivity index (χ4n) is 9.38. The molecule has 0 spiro atoms. The Morgan fingerprint density at radius 1 is 0.324 bits per heavy atom. The highest BCUT2D eigenvalue weighted by Gasteiger charge is 2.16. The smallest absolute Gasteiger partial charge is 0.306 e. The van der Waals surface area contributed by atoms with Gasteiger partial charge in [0, 0.05) is 12.8 Å². The molecule has 0 aliphatic rings. The normalized spacial score (nSPS) is 12.7. The Labute approximate surface area is 460 Å². The van der Waals surface area contributed by atoms with Gasteiger partial charge in [-0.25, -0.2) is 0 Å². The van der Waals surface area contributed by atoms with Crippen molar-refractivity contribution in [2.45, 2.75) is 328 Å². The first-order valence-corrected chi connectivity index (χ1v) is 32.1. The molecule has 0 aliphatic carbocycles. The van der Waals surface area contributed by atoms with Gasteiger partial charge in [0.2, 0.25) is 0 Å². The number of allylic oxidation sites excluding steroid dienone is 14. The van der Waals surface area contributed by atoms with Gasteiger partial charge in [0.15, 0.2) is 6.10 Å². The van der Waals surface area contributed by atoms with Crippen LogP contribution < -0.4 is 0 Å². The summed E-state index contributed by atoms with van der Waals surface area (Å²) in [6, 6.07) is 0. The van der Waals surface area contributed by atoms with Gasteiger partial charge in [-0.3, -0.25) is 9.59 Å². The van der Waals surface area contributed by atoms with E-state index in [2.05, 4.69) is 98.9 Å². The Hall–Kier alpha value is -2.92. The number of hydrogen-bond acceptors (Lipinski definition) is 5. The molecule has 0 saturated carbocycles. The molecular formula is C69H122O5. The van der Waals surface area contributed by atoms with Crippen molar-refractivity contribution in [3.05, 3.63) is 85.1 Å². The Balaban J connectivity index is 3.45. The fraction of sp³-hybridized carbons (Fsp3) is 0.768. The summed E-state index contributed by atoms with van der Waals surface area (Å²) >= 11 is 0. The maximum Gasteiger partial charge on any atom is 0.306 e. The molecule has 0 bridgehead atoms. The van der Waals surface area contributed by atoms with E-state index in [1.807, 2.05) is 0 Å². The van der Waals surface area contributed by atoms with Crippen molar-refractivity contribution >= 4 is 11.9 Å². The summed E-state index contributed by atoms with van der Waals surface area (Å²) in [5.41, 5.74) is 0. The third kappa shape index (κ3) is 61.6. The number of aliphatic hydroxyl groups is 1. The molecule has 0 rings (SSSR count). The standard InChI is InChI=1S/C69H122O5/c1-3-5-7-9-11-13-15-17-19-21-23-25-27-29-31-33-34-36-37-39-41-43-45-47-49-51-53-55-57-59-61-63-68(71)73-66-67(65-70)74-69(72)64-62-60-58-56-54-52-50-48-46-44-42-40-38-35-32-30-28-26-24-22-20-18-16-14-12-10-8-6-4-2/h6,8,12,14-15,17-18,20-21,23-24,26-27,29,67,70H,3-5,7,9-11,13,16,19,22,25,28,30-66H2,1-2H3/b8-6-,14-12-,17-15-,20-18-,23-21-,26-24-,29-27-. The number of esters is 2. The van der Waals surface area contributed by atoms with Crippen LogP contribution in [0.3, 0.4) is 0 Å². The van der Waals surface area contributed by atoms with Crippen molar-refractivity contribution in [2.75, 3.05) is 13.2 Å². The summed E-state index contributed by atoms with van der Waals surface area (Å²) in [7, 11) is 0. The molecule has 0 heterocycles. The van der Waals surface area contributed by atoms with E-state index in [9.17, 15) is 14.7 Å². The number of unbranched alkanes of at least 4 members (excludes halogenated alkanes) is 37. The van der Waals surface area contributed by atoms with E-state index in [4.69, 9.17) is 9.47 Å². The van der Waals surface area contributed by atoms with Crippen molar-refractivity contribution in [2.24, 2.45) is 0 Å². The first-order valence-electron chi connectivity index (χ1n) is 32.1. The highest BCUT2D eigenvalue weighted by atomic mass is 16.6. The Morgan fingerprint density at radius 2 is 0.581 bits per heavy atom. The first kappa shape index (κ1) is 71.1. The van der Waals surface area contributed by atoms with Crippen molar-refractivity contribution in [3.8, 4) is 0 Å². The average Bonchev–Trinajstić information content (AvgIpc) is 3.40. The summed E-state index contributed by atoms with van der Waals surface area (Å²) in [6.45, 7) is 4.05. The predicted molar refractivity (Wildman–Crippen MR) is 325 cm³/mol. The van der Waals surface area contributed by atoms with Gasteiger partial charge in [-0.05, 0) is 89.9 Å². The van der Waals surface area contributed by atoms with Gasteiger partial charge in [0.05, 0.1) is 6.61 Å². The van der Waals surface area contributed by atoms with Gasteiger partial charge in [0.1, 0.15) is 6.61 Å². The van der Waals surface area contributed by atoms with Crippen molar-refractivity contribution in [1.82, 2.24) is 0 Å². The third-order valence-corrected chi connectivity index (χ3v) is 14.2. The Morgan fingerprint density at radius 3 is 0.878 bits per heavy atom. The van der Waals surface area contributed by atoms with Crippen LogP contribution in [0.5, 0.6) is 0 Å². The van der Waals surface area contributed by atoms with Crippen LogP contribution in [0.15, 0.2) is 85.1 Å². The van der Waals surface area contributed by atoms with Gasteiger partial charge < -0.3 is 14.6 Å². The first-order chi connectivity index (χ1) is 36.6. The van der Waals surface area contributed by atoms with Crippen LogP contribution in [0, 0.1) is 0 Å². The van der Waals surface area contributed by atoms with Crippen molar-refractivity contribution in [1.29, 1.82) is 0 Å². The van der Waals surface area contributed by atoms with Gasteiger partial charge in [0.25, 0.3) is 0 Å². The lowest BCUT2D eigenvalue weighted by Gasteiger charge is -2.15. The summed E-state index contributed by atoms with van der Waals surface area (Å²) in [4.78, 5) is 24.6. The van der Waals surface area contributed by atoms with E-state index < -0.39 is 6.10 Å². The molecule has 0 amide bonds. The van der Waals surface area contributed by atoms with Gasteiger partial charge >= 0.3 is 11.9 Å². The minimum Gasteiger partial charge on any atom is -0.462 e. The molecule has 428 valence electrons. The second-order valence-corrected chi connectivity index (χ2v) is 21.5. The zero-order chi connectivity index (χ0) is 53.4. The maximum absolute atomic E-state index is 12.3. The molecule has 0 aromatic heterocycles. The molecule has 0 radical (unpaired) electrons. The van der Waals surface area contributed by atoms with E-state index in [-0.39, 0.29) is 25.2 Å². The molecule has 0 saturated heterocycles. The molecule has 74 heavy (non-hydrogen) atoms. The average molecular weight is 1030 g/mol. The largest absolute Gasteiger partial charge is 0.462 e. The lowest BCUT2D eigenvalue weighted by Crippen LogP contribution is -2.28. The topological polar surface area (TPSA) is 72.8 Å². The summed E-state index contributed by atoms with van der Waals surface area (Å²) in [5, 5.41) is 9.69. The van der Waals surface area contributed by atoms with Crippen molar-refractivity contribution < 1.29 is 24.2 Å². The Kier molecular flexibility index (Phi) is 61.8. The van der Waals surface area contributed by atoms with Crippen LogP contribution in [-0.4, -0.2) is 36.4 Å². The third-order valence-electron chi connectivity index (χ3n) is 14.2. The number of rotatable bonds is 59. The zero-order valence-corrected chi connectivity index (χ0v) is 49.1.